The van der Waals surface area contributed by atoms with Gasteiger partial charge in [0, 0.05) is 21.6 Å². The fraction of sp³-hybridized carbons (Fsp3) is 0.0769. The van der Waals surface area contributed by atoms with Crippen LogP contribution in [-0.2, 0) is 4.79 Å². The highest BCUT2D eigenvalue weighted by Crippen LogP contribution is 2.16. The molecule has 0 aliphatic rings. The summed E-state index contributed by atoms with van der Waals surface area (Å²) in [5.41, 5.74) is 6.10. The number of hydrogen-bond acceptors (Lipinski definition) is 3. The van der Waals surface area contributed by atoms with Gasteiger partial charge in [0.2, 0.25) is 0 Å². The van der Waals surface area contributed by atoms with E-state index in [1.807, 2.05) is 18.4 Å². The molecule has 0 aromatic carbocycles. The van der Waals surface area contributed by atoms with E-state index in [0.29, 0.717) is 5.69 Å². The van der Waals surface area contributed by atoms with Crippen LogP contribution in [0.5, 0.6) is 0 Å². The molecule has 5 nitrogen and oxygen atoms in total. The molecule has 0 atom stereocenters. The lowest BCUT2D eigenvalue weighted by Gasteiger charge is -2.03. The molecule has 2 heterocycles. The molecule has 3 N–H and O–H groups in total. The van der Waals surface area contributed by atoms with E-state index in [9.17, 15) is 9.59 Å². The fourth-order valence-electron chi connectivity index (χ4n) is 1.43. The van der Waals surface area contributed by atoms with Gasteiger partial charge >= 0.3 is 0 Å². The van der Waals surface area contributed by atoms with Gasteiger partial charge in [0.25, 0.3) is 11.8 Å². The van der Waals surface area contributed by atoms with Gasteiger partial charge in [-0.15, -0.1) is 11.3 Å². The van der Waals surface area contributed by atoms with Crippen molar-refractivity contribution in [2.24, 2.45) is 0 Å². The quantitative estimate of drug-likeness (QED) is 0.586. The average Bonchev–Trinajstić information content (AvgIpc) is 3.02. The number of carbonyl (C=O) groups is 2. The van der Waals surface area contributed by atoms with Crippen molar-refractivity contribution in [1.29, 1.82) is 0 Å². The van der Waals surface area contributed by atoms with Crippen LogP contribution >= 0.6 is 27.3 Å². The van der Waals surface area contributed by atoms with Crippen molar-refractivity contribution in [2.45, 2.75) is 6.92 Å². The number of nitrogens with one attached hydrogen (secondary N) is 3. The minimum Gasteiger partial charge on any atom is -0.356 e. The summed E-state index contributed by atoms with van der Waals surface area (Å²) in [6, 6.07) is 3.60. The highest BCUT2D eigenvalue weighted by atomic mass is 79.9. The second-order valence-corrected chi connectivity index (χ2v) is 5.84. The number of aromatic amines is 1. The van der Waals surface area contributed by atoms with Gasteiger partial charge in [0.15, 0.2) is 0 Å². The minimum atomic E-state index is -0.412. The third-order valence-corrected chi connectivity index (χ3v) is 3.92. The third-order valence-electron chi connectivity index (χ3n) is 2.48. The van der Waals surface area contributed by atoms with Crippen molar-refractivity contribution in [1.82, 2.24) is 15.8 Å². The third kappa shape index (κ3) is 3.82. The molecule has 0 spiro atoms. The Labute approximate surface area is 128 Å². The smallest absolute Gasteiger partial charge is 0.286 e. The van der Waals surface area contributed by atoms with Crippen LogP contribution in [0.4, 0.5) is 0 Å². The van der Waals surface area contributed by atoms with E-state index in [1.165, 1.54) is 6.08 Å². The minimum absolute atomic E-state index is 0.357. The summed E-state index contributed by atoms with van der Waals surface area (Å²) in [5.74, 6) is -0.804. The van der Waals surface area contributed by atoms with Gasteiger partial charge in [-0.2, -0.15) is 0 Å². The van der Waals surface area contributed by atoms with Gasteiger partial charge in [0.05, 0.1) is 0 Å². The number of thiophene rings is 1. The zero-order valence-corrected chi connectivity index (χ0v) is 13.0. The molecule has 0 saturated carbocycles. The van der Waals surface area contributed by atoms with Crippen LogP contribution in [0.3, 0.4) is 0 Å². The molecule has 2 aromatic heterocycles. The van der Waals surface area contributed by atoms with E-state index < -0.39 is 11.8 Å². The number of carbonyl (C=O) groups excluding carboxylic acids is 2. The maximum atomic E-state index is 11.6. The lowest BCUT2D eigenvalue weighted by Crippen LogP contribution is -2.40. The normalized spacial score (nSPS) is 10.7. The Hall–Kier alpha value is -1.86. The maximum absolute atomic E-state index is 11.6. The predicted molar refractivity (Wildman–Crippen MR) is 82.2 cm³/mol. The van der Waals surface area contributed by atoms with Gasteiger partial charge in [-0.3, -0.25) is 20.4 Å². The van der Waals surface area contributed by atoms with Gasteiger partial charge in [-0.1, -0.05) is 0 Å². The highest BCUT2D eigenvalue weighted by Gasteiger charge is 2.07. The van der Waals surface area contributed by atoms with E-state index in [2.05, 4.69) is 31.8 Å². The summed E-state index contributed by atoms with van der Waals surface area (Å²) >= 11 is 4.78. The van der Waals surface area contributed by atoms with Gasteiger partial charge in [-0.25, -0.2) is 0 Å². The second-order valence-electron chi connectivity index (χ2n) is 3.98. The van der Waals surface area contributed by atoms with Crippen molar-refractivity contribution in [3.05, 3.63) is 50.4 Å². The van der Waals surface area contributed by atoms with Crippen LogP contribution in [0.1, 0.15) is 20.9 Å². The molecule has 20 heavy (non-hydrogen) atoms. The maximum Gasteiger partial charge on any atom is 0.286 e. The summed E-state index contributed by atoms with van der Waals surface area (Å²) in [5, 5.41) is 1.96. The van der Waals surface area contributed by atoms with Crippen molar-refractivity contribution < 1.29 is 9.59 Å². The van der Waals surface area contributed by atoms with Gasteiger partial charge in [0.1, 0.15) is 5.69 Å². The summed E-state index contributed by atoms with van der Waals surface area (Å²) in [4.78, 5) is 27.0. The molecular weight excluding hydrogens is 342 g/mol. The van der Waals surface area contributed by atoms with Gasteiger partial charge < -0.3 is 4.98 Å². The molecule has 0 aliphatic carbocycles. The summed E-state index contributed by atoms with van der Waals surface area (Å²) in [6.07, 6.45) is 4.73. The number of hydrogen-bond donors (Lipinski definition) is 3. The number of rotatable bonds is 3. The second kappa shape index (κ2) is 6.53. The van der Waals surface area contributed by atoms with Crippen molar-refractivity contribution in [3.63, 3.8) is 0 Å². The van der Waals surface area contributed by atoms with E-state index in [4.69, 9.17) is 0 Å². The summed E-state index contributed by atoms with van der Waals surface area (Å²) < 4.78 is 0.766. The molecule has 104 valence electrons. The molecule has 2 amide bonds. The lowest BCUT2D eigenvalue weighted by atomic mass is 10.3. The zero-order valence-electron chi connectivity index (χ0n) is 10.6. The van der Waals surface area contributed by atoms with Crippen LogP contribution in [0.2, 0.25) is 0 Å². The Bertz CT molecular complexity index is 660. The molecule has 0 aliphatic heterocycles. The Morgan fingerprint density at radius 1 is 1.40 bits per heavy atom. The van der Waals surface area contributed by atoms with Crippen LogP contribution in [0.15, 0.2) is 34.3 Å². The number of H-pyrrole nitrogens is 1. The Morgan fingerprint density at radius 3 is 2.80 bits per heavy atom. The summed E-state index contributed by atoms with van der Waals surface area (Å²) in [6.45, 7) is 1.97. The topological polar surface area (TPSA) is 74.0 Å². The highest BCUT2D eigenvalue weighted by molar-refractivity contribution is 9.10. The largest absolute Gasteiger partial charge is 0.356 e. The SMILES string of the molecule is Cc1ccsc1/C=C/C(=O)NNC(=O)c1cc(Br)c[nH]1. The Balaban J connectivity index is 1.85. The monoisotopic (exact) mass is 353 g/mol. The molecule has 2 rings (SSSR count). The molecular formula is C13H12BrN3O2S. The molecule has 0 unspecified atom stereocenters. The van der Waals surface area contributed by atoms with E-state index in [0.717, 1.165) is 14.9 Å². The molecule has 2 aromatic rings. The Morgan fingerprint density at radius 2 is 2.20 bits per heavy atom. The van der Waals surface area contributed by atoms with Crippen LogP contribution < -0.4 is 10.9 Å². The number of aryl methyl sites for hydroxylation is 1. The number of halogens is 1. The predicted octanol–water partition coefficient (Wildman–Crippen LogP) is 2.62. The van der Waals surface area contributed by atoms with Crippen LogP contribution in [0.25, 0.3) is 6.08 Å². The first kappa shape index (κ1) is 14.5. The number of amides is 2. The van der Waals surface area contributed by atoms with Crippen LogP contribution in [0, 0.1) is 6.92 Å². The lowest BCUT2D eigenvalue weighted by molar-refractivity contribution is -0.117. The standard InChI is InChI=1S/C13H12BrN3O2S/c1-8-4-5-20-11(8)2-3-12(18)16-17-13(19)10-6-9(14)7-15-10/h2-7,15H,1H3,(H,16,18)(H,17,19)/b3-2+. The number of hydrazine groups is 1. The van der Waals surface area contributed by atoms with Crippen molar-refractivity contribution >= 4 is 45.2 Å². The van der Waals surface area contributed by atoms with E-state index >= 15 is 0 Å². The fourth-order valence-corrected chi connectivity index (χ4v) is 2.60. The van der Waals surface area contributed by atoms with E-state index in [1.54, 1.807) is 29.7 Å². The first-order valence-corrected chi connectivity index (χ1v) is 7.40. The zero-order chi connectivity index (χ0) is 14.5. The molecule has 0 radical (unpaired) electrons. The molecule has 0 fully saturated rings. The first-order chi connectivity index (χ1) is 9.56. The van der Waals surface area contributed by atoms with Gasteiger partial charge in [-0.05, 0) is 52.0 Å². The Kier molecular flexibility index (Phi) is 4.75. The van der Waals surface area contributed by atoms with Crippen molar-refractivity contribution in [3.8, 4) is 0 Å². The molecule has 0 saturated heterocycles. The van der Waals surface area contributed by atoms with E-state index in [-0.39, 0.29) is 0 Å². The summed E-state index contributed by atoms with van der Waals surface area (Å²) in [7, 11) is 0. The molecule has 0 bridgehead atoms. The average molecular weight is 354 g/mol. The van der Waals surface area contributed by atoms with Crippen LogP contribution in [-0.4, -0.2) is 16.8 Å². The number of aromatic nitrogens is 1. The molecule has 7 heteroatoms. The van der Waals surface area contributed by atoms with Crippen molar-refractivity contribution in [2.75, 3.05) is 0 Å². The first-order valence-electron chi connectivity index (χ1n) is 5.72.